The van der Waals surface area contributed by atoms with Gasteiger partial charge in [0.15, 0.2) is 15.9 Å². The predicted octanol–water partition coefficient (Wildman–Crippen LogP) is 4.11. The Labute approximate surface area is 194 Å². The van der Waals surface area contributed by atoms with E-state index < -0.39 is 0 Å². The Morgan fingerprint density at radius 3 is 2.69 bits per heavy atom. The summed E-state index contributed by atoms with van der Waals surface area (Å²) in [5.41, 5.74) is 2.44. The zero-order chi connectivity index (χ0) is 21.5. The van der Waals surface area contributed by atoms with E-state index in [4.69, 9.17) is 21.7 Å². The van der Waals surface area contributed by atoms with E-state index in [1.54, 1.807) is 18.7 Å². The van der Waals surface area contributed by atoms with Gasteiger partial charge in [-0.15, -0.1) is 0 Å². The molecule has 0 fully saturated rings. The lowest BCUT2D eigenvalue weighted by molar-refractivity contribution is 0.356. The number of benzene rings is 1. The van der Waals surface area contributed by atoms with Gasteiger partial charge in [0, 0.05) is 29.1 Å². The highest BCUT2D eigenvalue weighted by atomic mass is 127. The number of ether oxygens (including phenoxy) is 1. The van der Waals surface area contributed by atoms with Crippen LogP contribution in [0.2, 0.25) is 5.02 Å². The van der Waals surface area contributed by atoms with Crippen LogP contribution in [0, 0.1) is 5.41 Å². The van der Waals surface area contributed by atoms with Crippen molar-refractivity contribution in [3.8, 4) is 0 Å². The zero-order valence-electron chi connectivity index (χ0n) is 15.8. The minimum Gasteiger partial charge on any atom is -0.460 e. The van der Waals surface area contributed by atoms with Crippen molar-refractivity contribution in [1.82, 2.24) is 18.7 Å². The smallest absolute Gasteiger partial charge is 0.330 e. The van der Waals surface area contributed by atoms with E-state index >= 15 is 0 Å². The Kier molecular flexibility index (Phi) is 6.39. The fraction of sp³-hybridized carbons (Fsp3) is 0.211. The van der Waals surface area contributed by atoms with Crippen LogP contribution in [0.15, 0.2) is 46.6 Å². The number of hydrogen-bond donors (Lipinski definition) is 1. The normalized spacial score (nSPS) is 11.1. The van der Waals surface area contributed by atoms with Crippen LogP contribution in [-0.2, 0) is 29.8 Å². The van der Waals surface area contributed by atoms with E-state index in [-0.39, 0.29) is 17.7 Å². The van der Waals surface area contributed by atoms with Crippen LogP contribution >= 0.6 is 50.1 Å². The molecule has 0 atom stereocenters. The number of alkyl halides is 1. The summed E-state index contributed by atoms with van der Waals surface area (Å²) in [6, 6.07) is 5.59. The van der Waals surface area contributed by atoms with Gasteiger partial charge in [0.25, 0.3) is 0 Å². The maximum atomic E-state index is 12.2. The number of halogens is 3. The Morgan fingerprint density at radius 2 is 2.03 bits per heavy atom. The number of allylic oxidation sites excluding steroid dienone is 1. The number of imidazole rings is 1. The van der Waals surface area contributed by atoms with E-state index in [1.165, 1.54) is 9.13 Å². The molecule has 0 spiro atoms. The van der Waals surface area contributed by atoms with Crippen molar-refractivity contribution < 1.29 is 4.74 Å². The number of hydrogen-bond acceptors (Lipinski definition) is 4. The maximum Gasteiger partial charge on any atom is 0.330 e. The summed E-state index contributed by atoms with van der Waals surface area (Å²) >= 11 is 11.8. The van der Waals surface area contributed by atoms with Crippen LogP contribution in [0.5, 0.6) is 0 Å². The van der Waals surface area contributed by atoms with E-state index in [1.807, 2.05) is 18.2 Å². The van der Waals surface area contributed by atoms with Crippen molar-refractivity contribution in [2.75, 3.05) is 0 Å². The average molecular weight is 591 g/mol. The van der Waals surface area contributed by atoms with Crippen LogP contribution in [0.1, 0.15) is 11.1 Å². The third-order valence-corrected chi connectivity index (χ3v) is 6.26. The third kappa shape index (κ3) is 4.08. The second kappa shape index (κ2) is 8.49. The van der Waals surface area contributed by atoms with Crippen molar-refractivity contribution in [2.45, 2.75) is 11.0 Å². The Balaban J connectivity index is 1.91. The first-order chi connectivity index (χ1) is 13.6. The molecule has 0 aliphatic carbocycles. The predicted molar refractivity (Wildman–Crippen MR) is 126 cm³/mol. The minimum atomic E-state index is -0.322. The quantitative estimate of drug-likeness (QED) is 0.203. The van der Waals surface area contributed by atoms with Crippen LogP contribution in [-0.4, -0.2) is 18.7 Å². The van der Waals surface area contributed by atoms with E-state index in [0.29, 0.717) is 32.4 Å². The molecule has 29 heavy (non-hydrogen) atoms. The van der Waals surface area contributed by atoms with Gasteiger partial charge in [-0.05, 0) is 39.7 Å². The van der Waals surface area contributed by atoms with Crippen LogP contribution in [0.4, 0.5) is 0 Å². The second-order valence-corrected chi connectivity index (χ2v) is 8.27. The zero-order valence-corrected chi connectivity index (χ0v) is 20.3. The van der Waals surface area contributed by atoms with Gasteiger partial charge in [-0.25, -0.2) is 9.78 Å². The number of fused-ring (bicyclic) bond motifs is 1. The molecule has 10 heteroatoms. The van der Waals surface area contributed by atoms with Crippen molar-refractivity contribution in [2.24, 2.45) is 14.1 Å². The molecule has 0 radical (unpaired) electrons. The molecule has 0 aliphatic heterocycles. The molecule has 0 bridgehead atoms. The summed E-state index contributed by atoms with van der Waals surface area (Å²) in [6.07, 6.45) is 0. The number of aromatic nitrogens is 4. The fourth-order valence-corrected chi connectivity index (χ4v) is 4.40. The molecule has 3 rings (SSSR count). The van der Waals surface area contributed by atoms with Gasteiger partial charge >= 0.3 is 5.69 Å². The van der Waals surface area contributed by atoms with Gasteiger partial charge < -0.3 is 9.30 Å². The molecule has 7 nitrogen and oxygen atoms in total. The fourth-order valence-electron chi connectivity index (χ4n) is 2.89. The van der Waals surface area contributed by atoms with E-state index in [0.717, 1.165) is 15.6 Å². The molecule has 0 aliphatic rings. The molecule has 0 saturated heterocycles. The molecular formula is C19H18BrClIN5O2. The highest BCUT2D eigenvalue weighted by Crippen LogP contribution is 2.26. The minimum absolute atomic E-state index is 0.0531. The standard InChI is InChI=1S/C19H18BrClIN5O2/c1-10(29-11(2)12-5-6-14(21)13(7-12)8-22)9-27-15-16(23)25(3)19(28)26(4)17(15)24-18(27)20/h5-7,23H,1-2,8-9H2,3-4H3. The summed E-state index contributed by atoms with van der Waals surface area (Å²) in [5, 5.41) is 9.03. The molecule has 0 saturated carbocycles. The molecule has 3 aromatic rings. The van der Waals surface area contributed by atoms with Crippen LogP contribution in [0.3, 0.4) is 0 Å². The van der Waals surface area contributed by atoms with Gasteiger partial charge in [0.05, 0.1) is 6.54 Å². The summed E-state index contributed by atoms with van der Waals surface area (Å²) in [7, 11) is 3.17. The summed E-state index contributed by atoms with van der Waals surface area (Å²) < 4.78 is 11.5. The highest BCUT2D eigenvalue weighted by molar-refractivity contribution is 14.1. The lowest BCUT2D eigenvalue weighted by atomic mass is 10.1. The number of nitrogens with zero attached hydrogens (tertiary/aromatic N) is 4. The highest BCUT2D eigenvalue weighted by Gasteiger charge is 2.17. The first-order valence-corrected chi connectivity index (χ1v) is 11.1. The lowest BCUT2D eigenvalue weighted by Gasteiger charge is -2.14. The molecule has 152 valence electrons. The summed E-state index contributed by atoms with van der Waals surface area (Å²) in [4.78, 5) is 16.6. The van der Waals surface area contributed by atoms with E-state index in [2.05, 4.69) is 56.7 Å². The lowest BCUT2D eigenvalue weighted by Crippen LogP contribution is -2.37. The van der Waals surface area contributed by atoms with Crippen molar-refractivity contribution in [1.29, 1.82) is 5.41 Å². The Hall–Kier alpha value is -1.85. The molecule has 2 aromatic heterocycles. The first kappa shape index (κ1) is 21.8. The monoisotopic (exact) mass is 589 g/mol. The van der Waals surface area contributed by atoms with Gasteiger partial charge in [-0.3, -0.25) is 14.5 Å². The van der Waals surface area contributed by atoms with Crippen molar-refractivity contribution >= 4 is 67.0 Å². The number of rotatable bonds is 6. The summed E-state index contributed by atoms with van der Waals surface area (Å²) in [5.74, 6) is 0.860. The molecule has 1 aromatic carbocycles. The maximum absolute atomic E-state index is 12.2. The van der Waals surface area contributed by atoms with Gasteiger partial charge in [-0.2, -0.15) is 0 Å². The SMILES string of the molecule is C=C(Cn1c(Br)nc2c1c(=N)n(C)c(=O)n2C)OC(=C)c1ccc(Cl)c(CI)c1. The number of aryl methyl sites for hydroxylation is 1. The van der Waals surface area contributed by atoms with Gasteiger partial charge in [-0.1, -0.05) is 47.3 Å². The van der Waals surface area contributed by atoms with E-state index in [9.17, 15) is 4.79 Å². The Morgan fingerprint density at radius 1 is 1.34 bits per heavy atom. The first-order valence-electron chi connectivity index (χ1n) is 8.41. The molecule has 0 amide bonds. The van der Waals surface area contributed by atoms with Crippen molar-refractivity contribution in [3.63, 3.8) is 0 Å². The molecule has 2 heterocycles. The largest absolute Gasteiger partial charge is 0.460 e. The third-order valence-electron chi connectivity index (χ3n) is 4.47. The van der Waals surface area contributed by atoms with Crippen LogP contribution in [0.25, 0.3) is 16.9 Å². The average Bonchev–Trinajstić information content (AvgIpc) is 3.01. The van der Waals surface area contributed by atoms with Crippen LogP contribution < -0.4 is 11.2 Å². The van der Waals surface area contributed by atoms with Gasteiger partial charge in [0.2, 0.25) is 0 Å². The molecule has 0 unspecified atom stereocenters. The van der Waals surface area contributed by atoms with Crippen molar-refractivity contribution in [3.05, 3.63) is 74.0 Å². The Bertz CT molecular complexity index is 1270. The molecular weight excluding hydrogens is 573 g/mol. The topological polar surface area (TPSA) is 77.8 Å². The second-order valence-electron chi connectivity index (χ2n) is 6.39. The number of nitrogens with one attached hydrogen (secondary N) is 1. The van der Waals surface area contributed by atoms with Gasteiger partial charge in [0.1, 0.15) is 17.0 Å². The summed E-state index contributed by atoms with van der Waals surface area (Å²) in [6.45, 7) is 8.20. The molecule has 1 N–H and O–H groups in total.